The minimum atomic E-state index is 0.0122. The van der Waals surface area contributed by atoms with Crippen LogP contribution in [0.3, 0.4) is 0 Å². The molecule has 1 aliphatic rings. The Morgan fingerprint density at radius 3 is 3.14 bits per heavy atom. The number of amides is 1. The van der Waals surface area contributed by atoms with E-state index in [-0.39, 0.29) is 11.9 Å². The molecule has 2 N–H and O–H groups in total. The van der Waals surface area contributed by atoms with Gasteiger partial charge < -0.3 is 10.6 Å². The first-order chi connectivity index (χ1) is 10.7. The number of carbonyl (C=O) groups excluding carboxylic acids is 1. The summed E-state index contributed by atoms with van der Waals surface area (Å²) in [5.74, 6) is 0.261. The van der Waals surface area contributed by atoms with Gasteiger partial charge >= 0.3 is 0 Å². The largest absolute Gasteiger partial charge is 0.368 e. The minimum Gasteiger partial charge on any atom is -0.368 e. The number of rotatable bonds is 1. The number of nitrogen functional groups attached to an aromatic ring is 1. The van der Waals surface area contributed by atoms with Crippen LogP contribution in [0, 0.1) is 0 Å². The topological polar surface area (TPSA) is 85.0 Å². The monoisotopic (exact) mass is 311 g/mol. The number of fused-ring (bicyclic) bond motifs is 2. The Hall–Kier alpha value is -2.54. The molecule has 0 aliphatic carbocycles. The third-order valence-electron chi connectivity index (χ3n) is 3.83. The summed E-state index contributed by atoms with van der Waals surface area (Å²) in [6, 6.07) is 5.62. The van der Waals surface area contributed by atoms with E-state index in [0.29, 0.717) is 18.7 Å². The van der Waals surface area contributed by atoms with E-state index in [1.54, 1.807) is 16.6 Å². The fourth-order valence-corrected chi connectivity index (χ4v) is 3.38. The maximum Gasteiger partial charge on any atom is 0.254 e. The fourth-order valence-electron chi connectivity index (χ4n) is 2.66. The number of anilines is 1. The van der Waals surface area contributed by atoms with Crippen molar-refractivity contribution in [1.29, 1.82) is 0 Å². The molecule has 2 aromatic heterocycles. The van der Waals surface area contributed by atoms with Crippen molar-refractivity contribution in [3.8, 4) is 0 Å². The number of nitrogens with two attached hydrogens (primary N) is 1. The lowest BCUT2D eigenvalue weighted by Gasteiger charge is -2.28. The molecule has 4 rings (SSSR count). The van der Waals surface area contributed by atoms with Crippen molar-refractivity contribution in [3.63, 3.8) is 0 Å². The molecule has 0 atom stereocenters. The number of hydrogen-bond acceptors (Lipinski definition) is 6. The van der Waals surface area contributed by atoms with Gasteiger partial charge in [0.05, 0.1) is 28.0 Å². The molecule has 7 heteroatoms. The van der Waals surface area contributed by atoms with Gasteiger partial charge in [0.1, 0.15) is 0 Å². The van der Waals surface area contributed by atoms with Gasteiger partial charge in [0, 0.05) is 18.3 Å². The Morgan fingerprint density at radius 1 is 1.32 bits per heavy atom. The standard InChI is InChI=1S/C15H13N5OS/c16-15-17-6-10-3-4-20(7-12(10)19-15)14(21)9-1-2-11-13(5-9)22-8-18-11/h1-2,5-6,8H,3-4,7H2,(H2,16,17,19). The number of hydrogen-bond donors (Lipinski definition) is 1. The van der Waals surface area contributed by atoms with Crippen LogP contribution < -0.4 is 5.73 Å². The highest BCUT2D eigenvalue weighted by molar-refractivity contribution is 7.16. The smallest absolute Gasteiger partial charge is 0.254 e. The zero-order chi connectivity index (χ0) is 15.1. The normalized spacial score (nSPS) is 14.1. The van der Waals surface area contributed by atoms with Crippen LogP contribution in [0.1, 0.15) is 21.6 Å². The summed E-state index contributed by atoms with van der Waals surface area (Å²) in [7, 11) is 0. The molecule has 1 amide bonds. The zero-order valence-electron chi connectivity index (χ0n) is 11.7. The number of thiazole rings is 1. The van der Waals surface area contributed by atoms with Crippen LogP contribution >= 0.6 is 11.3 Å². The average Bonchev–Trinajstić information content (AvgIpc) is 3.01. The summed E-state index contributed by atoms with van der Waals surface area (Å²) in [4.78, 5) is 27.0. The van der Waals surface area contributed by atoms with Gasteiger partial charge in [-0.3, -0.25) is 4.79 Å². The third kappa shape index (κ3) is 2.19. The summed E-state index contributed by atoms with van der Waals surface area (Å²) < 4.78 is 1.02. The number of aromatic nitrogens is 3. The molecule has 3 heterocycles. The van der Waals surface area contributed by atoms with Crippen molar-refractivity contribution < 1.29 is 4.79 Å². The first-order valence-corrected chi connectivity index (χ1v) is 7.81. The molecule has 0 spiro atoms. The summed E-state index contributed by atoms with van der Waals surface area (Å²) in [5, 5.41) is 0. The molecule has 1 aliphatic heterocycles. The molecule has 22 heavy (non-hydrogen) atoms. The average molecular weight is 311 g/mol. The molecule has 1 aromatic carbocycles. The van der Waals surface area contributed by atoms with E-state index in [1.165, 1.54) is 11.3 Å². The molecule has 0 saturated heterocycles. The van der Waals surface area contributed by atoms with Crippen molar-refractivity contribution in [2.75, 3.05) is 12.3 Å². The summed E-state index contributed by atoms with van der Waals surface area (Å²) in [6.45, 7) is 1.14. The molecule has 0 fully saturated rings. The van der Waals surface area contributed by atoms with Crippen LogP contribution in [-0.2, 0) is 13.0 Å². The first-order valence-electron chi connectivity index (χ1n) is 6.93. The number of benzene rings is 1. The summed E-state index contributed by atoms with van der Waals surface area (Å²) in [6.07, 6.45) is 2.51. The molecular weight excluding hydrogens is 298 g/mol. The van der Waals surface area contributed by atoms with Gasteiger partial charge in [-0.2, -0.15) is 0 Å². The summed E-state index contributed by atoms with van der Waals surface area (Å²) >= 11 is 1.54. The van der Waals surface area contributed by atoms with E-state index in [2.05, 4.69) is 15.0 Å². The van der Waals surface area contributed by atoms with Gasteiger partial charge in [0.2, 0.25) is 5.95 Å². The Kier molecular flexibility index (Phi) is 3.00. The summed E-state index contributed by atoms with van der Waals surface area (Å²) in [5.41, 5.74) is 10.9. The number of nitrogens with zero attached hydrogens (tertiary/aromatic N) is 4. The quantitative estimate of drug-likeness (QED) is 0.741. The van der Waals surface area contributed by atoms with E-state index in [4.69, 9.17) is 5.73 Å². The number of carbonyl (C=O) groups is 1. The molecule has 6 nitrogen and oxygen atoms in total. The molecule has 3 aromatic rings. The highest BCUT2D eigenvalue weighted by Gasteiger charge is 2.23. The Balaban J connectivity index is 1.63. The third-order valence-corrected chi connectivity index (χ3v) is 4.62. The van der Waals surface area contributed by atoms with Gasteiger partial charge in [-0.1, -0.05) is 0 Å². The van der Waals surface area contributed by atoms with Crippen LogP contribution in [0.25, 0.3) is 10.2 Å². The first kappa shape index (κ1) is 13.1. The fraction of sp³-hybridized carbons (Fsp3) is 0.200. The molecule has 110 valence electrons. The lowest BCUT2D eigenvalue weighted by molar-refractivity contribution is 0.0732. The van der Waals surface area contributed by atoms with Crippen LogP contribution in [0.15, 0.2) is 29.9 Å². The van der Waals surface area contributed by atoms with Gasteiger partial charge in [-0.25, -0.2) is 15.0 Å². The van der Waals surface area contributed by atoms with Crippen molar-refractivity contribution in [2.24, 2.45) is 0 Å². The second-order valence-corrected chi connectivity index (χ2v) is 6.10. The van der Waals surface area contributed by atoms with Gasteiger partial charge in [-0.05, 0) is 30.2 Å². The Labute approximate surface area is 130 Å². The van der Waals surface area contributed by atoms with Crippen molar-refractivity contribution in [2.45, 2.75) is 13.0 Å². The Bertz CT molecular complexity index is 875. The SMILES string of the molecule is Nc1ncc2c(n1)CN(C(=O)c1ccc3ncsc3c1)CC2. The van der Waals surface area contributed by atoms with E-state index in [0.717, 1.165) is 27.9 Å². The maximum absolute atomic E-state index is 12.7. The van der Waals surface area contributed by atoms with Crippen LogP contribution in [-0.4, -0.2) is 32.3 Å². The van der Waals surface area contributed by atoms with Crippen LogP contribution in [0.4, 0.5) is 5.95 Å². The lowest BCUT2D eigenvalue weighted by Crippen LogP contribution is -2.36. The predicted molar refractivity (Wildman–Crippen MR) is 84.5 cm³/mol. The molecule has 0 unspecified atom stereocenters. The van der Waals surface area contributed by atoms with Crippen LogP contribution in [0.2, 0.25) is 0 Å². The second kappa shape index (κ2) is 5.03. The van der Waals surface area contributed by atoms with Crippen molar-refractivity contribution in [3.05, 3.63) is 46.7 Å². The van der Waals surface area contributed by atoms with E-state index in [9.17, 15) is 4.79 Å². The van der Waals surface area contributed by atoms with Gasteiger partial charge in [-0.15, -0.1) is 11.3 Å². The maximum atomic E-state index is 12.7. The van der Waals surface area contributed by atoms with E-state index >= 15 is 0 Å². The van der Waals surface area contributed by atoms with Gasteiger partial charge in [0.25, 0.3) is 5.91 Å². The van der Waals surface area contributed by atoms with Crippen LogP contribution in [0.5, 0.6) is 0 Å². The highest BCUT2D eigenvalue weighted by atomic mass is 32.1. The van der Waals surface area contributed by atoms with E-state index < -0.39 is 0 Å². The highest BCUT2D eigenvalue weighted by Crippen LogP contribution is 2.22. The molecular formula is C15H13N5OS. The lowest BCUT2D eigenvalue weighted by atomic mass is 10.1. The minimum absolute atomic E-state index is 0.0122. The van der Waals surface area contributed by atoms with Gasteiger partial charge in [0.15, 0.2) is 0 Å². The molecule has 0 saturated carbocycles. The van der Waals surface area contributed by atoms with Crippen molar-refractivity contribution in [1.82, 2.24) is 19.9 Å². The molecule has 0 bridgehead atoms. The molecule has 0 radical (unpaired) electrons. The zero-order valence-corrected chi connectivity index (χ0v) is 12.5. The van der Waals surface area contributed by atoms with E-state index in [1.807, 2.05) is 18.2 Å². The van der Waals surface area contributed by atoms with Crippen molar-refractivity contribution >= 4 is 33.4 Å². The Morgan fingerprint density at radius 2 is 2.23 bits per heavy atom. The predicted octanol–water partition coefficient (Wildman–Crippen LogP) is 1.87. The second-order valence-electron chi connectivity index (χ2n) is 5.21.